The van der Waals surface area contributed by atoms with E-state index in [4.69, 9.17) is 4.74 Å². The summed E-state index contributed by atoms with van der Waals surface area (Å²) in [6.45, 7) is 5.30. The molecule has 1 heterocycles. The molecule has 1 aliphatic rings. The number of methoxy groups -OCH3 is 1. The summed E-state index contributed by atoms with van der Waals surface area (Å²) >= 11 is 0. The third-order valence-electron chi connectivity index (χ3n) is 5.99. The van der Waals surface area contributed by atoms with Crippen molar-refractivity contribution in [2.24, 2.45) is 0 Å². The monoisotopic (exact) mass is 441 g/mol. The van der Waals surface area contributed by atoms with E-state index in [1.807, 2.05) is 54.6 Å². The minimum Gasteiger partial charge on any atom is -0.495 e. The van der Waals surface area contributed by atoms with Gasteiger partial charge in [-0.3, -0.25) is 9.69 Å². The number of anilines is 1. The molecule has 33 heavy (non-hydrogen) atoms. The number of ether oxygens (including phenoxy) is 1. The number of nitrogens with zero attached hydrogens (tertiary/aromatic N) is 2. The molecule has 0 spiro atoms. The summed E-state index contributed by atoms with van der Waals surface area (Å²) < 4.78 is 5.53. The van der Waals surface area contributed by atoms with Crippen LogP contribution in [0.4, 0.5) is 5.69 Å². The van der Waals surface area contributed by atoms with Crippen LogP contribution >= 0.6 is 0 Å². The van der Waals surface area contributed by atoms with Gasteiger partial charge in [0.2, 0.25) is 5.91 Å². The summed E-state index contributed by atoms with van der Waals surface area (Å²) in [5, 5.41) is 3.02. The number of piperazine rings is 1. The minimum atomic E-state index is -0.0842. The molecule has 1 amide bonds. The van der Waals surface area contributed by atoms with Crippen LogP contribution in [-0.4, -0.2) is 44.1 Å². The maximum atomic E-state index is 12.3. The first-order valence-corrected chi connectivity index (χ1v) is 11.4. The van der Waals surface area contributed by atoms with E-state index in [1.54, 1.807) is 13.2 Å². The summed E-state index contributed by atoms with van der Waals surface area (Å²) in [5.41, 5.74) is 4.59. The Morgan fingerprint density at radius 1 is 0.879 bits per heavy atom. The molecule has 0 unspecified atom stereocenters. The Kier molecular flexibility index (Phi) is 7.77. The Bertz CT molecular complexity index is 1070. The number of nitrogens with one attached hydrogen (secondary N) is 1. The molecule has 5 heteroatoms. The molecule has 0 aromatic heterocycles. The van der Waals surface area contributed by atoms with Crippen LogP contribution in [0.5, 0.6) is 5.75 Å². The fourth-order valence-electron chi connectivity index (χ4n) is 4.14. The van der Waals surface area contributed by atoms with Crippen molar-refractivity contribution >= 4 is 17.7 Å². The van der Waals surface area contributed by atoms with Gasteiger partial charge in [0.25, 0.3) is 0 Å². The van der Waals surface area contributed by atoms with Crippen molar-refractivity contribution in [2.75, 3.05) is 38.2 Å². The zero-order valence-corrected chi connectivity index (χ0v) is 19.1. The molecule has 0 bridgehead atoms. The van der Waals surface area contributed by atoms with Crippen LogP contribution in [0.15, 0.2) is 84.9 Å². The third kappa shape index (κ3) is 6.24. The van der Waals surface area contributed by atoms with Crippen LogP contribution in [0.2, 0.25) is 0 Å². The second-order valence-corrected chi connectivity index (χ2v) is 8.17. The molecule has 1 saturated heterocycles. The Morgan fingerprint density at radius 3 is 2.30 bits per heavy atom. The topological polar surface area (TPSA) is 44.8 Å². The largest absolute Gasteiger partial charge is 0.495 e. The number of hydrogen-bond donors (Lipinski definition) is 1. The summed E-state index contributed by atoms with van der Waals surface area (Å²) in [4.78, 5) is 17.2. The van der Waals surface area contributed by atoms with E-state index in [0.29, 0.717) is 6.54 Å². The quantitative estimate of drug-likeness (QED) is 0.528. The van der Waals surface area contributed by atoms with Gasteiger partial charge in [0.05, 0.1) is 12.8 Å². The summed E-state index contributed by atoms with van der Waals surface area (Å²) in [5.74, 6) is 0.840. The molecule has 0 aliphatic carbocycles. The number of amides is 1. The van der Waals surface area contributed by atoms with Gasteiger partial charge in [-0.05, 0) is 34.9 Å². The predicted octanol–water partition coefficient (Wildman–Crippen LogP) is 4.35. The van der Waals surface area contributed by atoms with Crippen molar-refractivity contribution < 1.29 is 9.53 Å². The molecule has 1 N–H and O–H groups in total. The molecular formula is C28H31N3O2. The zero-order valence-electron chi connectivity index (χ0n) is 19.1. The highest BCUT2D eigenvalue weighted by Gasteiger charge is 2.20. The first kappa shape index (κ1) is 22.6. The van der Waals surface area contributed by atoms with Gasteiger partial charge in [0.15, 0.2) is 0 Å². The van der Waals surface area contributed by atoms with Crippen molar-refractivity contribution in [1.29, 1.82) is 0 Å². The van der Waals surface area contributed by atoms with E-state index in [-0.39, 0.29) is 5.91 Å². The van der Waals surface area contributed by atoms with E-state index >= 15 is 0 Å². The molecule has 4 rings (SSSR count). The molecule has 1 fully saturated rings. The first-order chi connectivity index (χ1) is 16.2. The molecule has 5 nitrogen and oxygen atoms in total. The zero-order chi connectivity index (χ0) is 22.9. The average Bonchev–Trinajstić information content (AvgIpc) is 2.88. The lowest BCUT2D eigenvalue weighted by Crippen LogP contribution is -2.46. The van der Waals surface area contributed by atoms with E-state index in [9.17, 15) is 4.79 Å². The van der Waals surface area contributed by atoms with Crippen molar-refractivity contribution in [3.05, 3.63) is 102 Å². The highest BCUT2D eigenvalue weighted by Crippen LogP contribution is 2.28. The van der Waals surface area contributed by atoms with Crippen molar-refractivity contribution in [1.82, 2.24) is 10.2 Å². The van der Waals surface area contributed by atoms with Crippen LogP contribution < -0.4 is 15.0 Å². The van der Waals surface area contributed by atoms with Gasteiger partial charge in [-0.15, -0.1) is 0 Å². The maximum absolute atomic E-state index is 12.3. The summed E-state index contributed by atoms with van der Waals surface area (Å²) in [6.07, 6.45) is 3.43. The van der Waals surface area contributed by atoms with Gasteiger partial charge in [-0.25, -0.2) is 0 Å². The van der Waals surface area contributed by atoms with Crippen molar-refractivity contribution in [3.8, 4) is 5.75 Å². The highest BCUT2D eigenvalue weighted by molar-refractivity contribution is 5.91. The molecule has 1 aliphatic heterocycles. The van der Waals surface area contributed by atoms with E-state index < -0.39 is 0 Å². The molecule has 3 aromatic rings. The first-order valence-electron chi connectivity index (χ1n) is 11.4. The number of rotatable bonds is 8. The van der Waals surface area contributed by atoms with E-state index in [0.717, 1.165) is 55.3 Å². The summed E-state index contributed by atoms with van der Waals surface area (Å²) in [7, 11) is 1.72. The maximum Gasteiger partial charge on any atom is 0.244 e. The Labute approximate surface area is 196 Å². The standard InChI is InChI=1S/C28H31N3O2/c1-33-27-14-8-7-13-26(27)31-19-17-30(18-20-31)22-25-12-6-5-11-24(25)21-29-28(32)16-15-23-9-3-2-4-10-23/h2-16H,17-22H2,1H3,(H,29,32)/b16-15+. The van der Waals surface area contributed by atoms with Crippen LogP contribution in [0, 0.1) is 0 Å². The van der Waals surface area contributed by atoms with Gasteiger partial charge in [-0.2, -0.15) is 0 Å². The van der Waals surface area contributed by atoms with Gasteiger partial charge in [0, 0.05) is 45.3 Å². The summed E-state index contributed by atoms with van der Waals surface area (Å²) in [6, 6.07) is 26.4. The number of hydrogen-bond acceptors (Lipinski definition) is 4. The molecule has 170 valence electrons. The fourth-order valence-corrected chi connectivity index (χ4v) is 4.14. The van der Waals surface area contributed by atoms with Crippen molar-refractivity contribution in [3.63, 3.8) is 0 Å². The Morgan fingerprint density at radius 2 is 1.55 bits per heavy atom. The lowest BCUT2D eigenvalue weighted by molar-refractivity contribution is -0.116. The molecule has 3 aromatic carbocycles. The number of benzene rings is 3. The normalized spacial score (nSPS) is 14.4. The van der Waals surface area contributed by atoms with Crippen LogP contribution in [0.3, 0.4) is 0 Å². The number of carbonyl (C=O) groups is 1. The molecule has 0 saturated carbocycles. The van der Waals surface area contributed by atoms with Gasteiger partial charge in [0.1, 0.15) is 5.75 Å². The molecule has 0 radical (unpaired) electrons. The lowest BCUT2D eigenvalue weighted by atomic mass is 10.1. The minimum absolute atomic E-state index is 0.0842. The van der Waals surface area contributed by atoms with E-state index in [2.05, 4.69) is 45.4 Å². The number of carbonyl (C=O) groups excluding carboxylic acids is 1. The smallest absolute Gasteiger partial charge is 0.244 e. The Hall–Kier alpha value is -3.57. The predicted molar refractivity (Wildman–Crippen MR) is 134 cm³/mol. The SMILES string of the molecule is COc1ccccc1N1CCN(Cc2ccccc2CNC(=O)/C=C/c2ccccc2)CC1. The van der Waals surface area contributed by atoms with E-state index in [1.165, 1.54) is 5.56 Å². The fraction of sp³-hybridized carbons (Fsp3) is 0.250. The third-order valence-corrected chi connectivity index (χ3v) is 5.99. The van der Waals surface area contributed by atoms with Gasteiger partial charge >= 0.3 is 0 Å². The Balaban J connectivity index is 1.31. The van der Waals surface area contributed by atoms with Gasteiger partial charge in [-0.1, -0.05) is 66.7 Å². The second-order valence-electron chi connectivity index (χ2n) is 8.17. The second kappa shape index (κ2) is 11.3. The average molecular weight is 442 g/mol. The number of para-hydroxylation sites is 2. The van der Waals surface area contributed by atoms with Crippen LogP contribution in [0.1, 0.15) is 16.7 Å². The van der Waals surface area contributed by atoms with Crippen molar-refractivity contribution in [2.45, 2.75) is 13.1 Å². The molecule has 0 atom stereocenters. The molecular weight excluding hydrogens is 410 g/mol. The highest BCUT2D eigenvalue weighted by atomic mass is 16.5. The van der Waals surface area contributed by atoms with Gasteiger partial charge < -0.3 is 15.0 Å². The lowest BCUT2D eigenvalue weighted by Gasteiger charge is -2.36. The van der Waals surface area contributed by atoms with Crippen LogP contribution in [-0.2, 0) is 17.9 Å². The van der Waals surface area contributed by atoms with Crippen LogP contribution in [0.25, 0.3) is 6.08 Å².